The number of esters is 1. The molecule has 3 heteroatoms. The zero-order chi connectivity index (χ0) is 16.3. The highest BCUT2D eigenvalue weighted by atomic mass is 16.5. The Morgan fingerprint density at radius 1 is 0.773 bits per heavy atom. The molecule has 0 rings (SSSR count). The van der Waals surface area contributed by atoms with Crippen LogP contribution in [0, 0.1) is 11.3 Å². The maximum absolute atomic E-state index is 10.9. The van der Waals surface area contributed by atoms with E-state index in [9.17, 15) is 4.79 Å². The molecule has 128 valence electrons. The number of nitriles is 1. The van der Waals surface area contributed by atoms with E-state index in [1.54, 1.807) is 6.07 Å². The minimum absolute atomic E-state index is 0.126. The van der Waals surface area contributed by atoms with Gasteiger partial charge in [0.2, 0.25) is 0 Å². The van der Waals surface area contributed by atoms with Gasteiger partial charge < -0.3 is 4.74 Å². The van der Waals surface area contributed by atoms with Crippen molar-refractivity contribution >= 4 is 5.97 Å². The highest BCUT2D eigenvalue weighted by molar-refractivity contribution is 5.71. The Morgan fingerprint density at radius 3 is 1.59 bits per heavy atom. The normalized spacial score (nSPS) is 10.4. The van der Waals surface area contributed by atoms with Gasteiger partial charge in [0.05, 0.1) is 12.7 Å². The van der Waals surface area contributed by atoms with Gasteiger partial charge in [-0.3, -0.25) is 4.79 Å². The first-order chi connectivity index (χ1) is 10.8. The van der Waals surface area contributed by atoms with Crippen LogP contribution in [0.1, 0.15) is 103 Å². The maximum Gasteiger partial charge on any atom is 0.320 e. The molecule has 0 spiro atoms. The molecule has 0 aliphatic carbocycles. The molecule has 0 saturated heterocycles. The number of carbonyl (C=O) groups is 1. The Balaban J connectivity index is 3.03. The van der Waals surface area contributed by atoms with Crippen LogP contribution in [0.3, 0.4) is 0 Å². The monoisotopic (exact) mass is 309 g/mol. The van der Waals surface area contributed by atoms with E-state index in [4.69, 9.17) is 10.00 Å². The number of ether oxygens (including phenoxy) is 1. The number of nitrogens with zero attached hydrogens (tertiary/aromatic N) is 1. The van der Waals surface area contributed by atoms with Gasteiger partial charge in [-0.25, -0.2) is 0 Å². The summed E-state index contributed by atoms with van der Waals surface area (Å²) in [5.74, 6) is -0.391. The standard InChI is InChI=1S/C19H35NO2/c1-2-3-4-5-6-7-8-9-10-11-12-13-14-15-18-22-19(21)16-17-20/h2-16,18H2,1H3. The predicted molar refractivity (Wildman–Crippen MR) is 91.5 cm³/mol. The van der Waals surface area contributed by atoms with E-state index in [0.717, 1.165) is 12.8 Å². The Bertz CT molecular complexity index is 284. The van der Waals surface area contributed by atoms with E-state index in [1.165, 1.54) is 77.0 Å². The molecule has 0 N–H and O–H groups in total. The Hall–Kier alpha value is -1.04. The quantitative estimate of drug-likeness (QED) is 0.262. The minimum atomic E-state index is -0.391. The van der Waals surface area contributed by atoms with Crippen LogP contribution in [0.25, 0.3) is 0 Å². The second kappa shape index (κ2) is 18.0. The Labute approximate surface area is 137 Å². The largest absolute Gasteiger partial charge is 0.465 e. The Morgan fingerprint density at radius 2 is 1.18 bits per heavy atom. The lowest BCUT2D eigenvalue weighted by Gasteiger charge is -2.04. The minimum Gasteiger partial charge on any atom is -0.465 e. The van der Waals surface area contributed by atoms with Crippen molar-refractivity contribution in [1.82, 2.24) is 0 Å². The summed E-state index contributed by atoms with van der Waals surface area (Å²) in [4.78, 5) is 10.9. The van der Waals surface area contributed by atoms with Crippen LogP contribution in [-0.4, -0.2) is 12.6 Å². The molecular formula is C19H35NO2. The number of rotatable bonds is 16. The third kappa shape index (κ3) is 17.0. The number of unbranched alkanes of at least 4 members (excludes halogenated alkanes) is 13. The van der Waals surface area contributed by atoms with Gasteiger partial charge in [0.1, 0.15) is 6.42 Å². The van der Waals surface area contributed by atoms with Crippen molar-refractivity contribution in [3.05, 3.63) is 0 Å². The molecule has 0 amide bonds. The van der Waals surface area contributed by atoms with E-state index in [0.29, 0.717) is 6.61 Å². The second-order valence-corrected chi connectivity index (χ2v) is 6.15. The van der Waals surface area contributed by atoms with Crippen molar-refractivity contribution < 1.29 is 9.53 Å². The summed E-state index contributed by atoms with van der Waals surface area (Å²) < 4.78 is 4.93. The van der Waals surface area contributed by atoms with Gasteiger partial charge in [-0.1, -0.05) is 90.4 Å². The first-order valence-electron chi connectivity index (χ1n) is 9.33. The van der Waals surface area contributed by atoms with E-state index in [1.807, 2.05) is 0 Å². The van der Waals surface area contributed by atoms with Gasteiger partial charge in [-0.15, -0.1) is 0 Å². The molecule has 0 aromatic carbocycles. The summed E-state index contributed by atoms with van der Waals surface area (Å²) in [6, 6.07) is 1.80. The van der Waals surface area contributed by atoms with Crippen LogP contribution in [0.2, 0.25) is 0 Å². The molecule has 3 nitrogen and oxygen atoms in total. The fourth-order valence-corrected chi connectivity index (χ4v) is 2.60. The molecule has 0 saturated carbocycles. The van der Waals surface area contributed by atoms with Gasteiger partial charge in [0, 0.05) is 0 Å². The fraction of sp³-hybridized carbons (Fsp3) is 0.895. The number of hydrogen-bond acceptors (Lipinski definition) is 3. The summed E-state index contributed by atoms with van der Waals surface area (Å²) in [6.07, 6.45) is 18.4. The molecular weight excluding hydrogens is 274 g/mol. The van der Waals surface area contributed by atoms with Crippen LogP contribution >= 0.6 is 0 Å². The van der Waals surface area contributed by atoms with Gasteiger partial charge in [-0.05, 0) is 6.42 Å². The molecule has 0 radical (unpaired) electrons. The smallest absolute Gasteiger partial charge is 0.320 e. The second-order valence-electron chi connectivity index (χ2n) is 6.15. The predicted octanol–water partition coefficient (Wildman–Crippen LogP) is 5.92. The lowest BCUT2D eigenvalue weighted by atomic mass is 10.0. The average molecular weight is 309 g/mol. The zero-order valence-electron chi connectivity index (χ0n) is 14.6. The van der Waals surface area contributed by atoms with Crippen LogP contribution in [0.5, 0.6) is 0 Å². The number of hydrogen-bond donors (Lipinski definition) is 0. The van der Waals surface area contributed by atoms with Crippen molar-refractivity contribution in [2.75, 3.05) is 6.61 Å². The van der Waals surface area contributed by atoms with Gasteiger partial charge in [0.15, 0.2) is 0 Å². The van der Waals surface area contributed by atoms with Crippen LogP contribution in [0.4, 0.5) is 0 Å². The molecule has 0 unspecified atom stereocenters. The van der Waals surface area contributed by atoms with Crippen LogP contribution in [0.15, 0.2) is 0 Å². The summed E-state index contributed by atoms with van der Waals surface area (Å²) in [5, 5.41) is 8.31. The first-order valence-corrected chi connectivity index (χ1v) is 9.33. The van der Waals surface area contributed by atoms with Crippen molar-refractivity contribution in [3.8, 4) is 6.07 Å². The summed E-state index contributed by atoms with van der Waals surface area (Å²) >= 11 is 0. The van der Waals surface area contributed by atoms with Gasteiger partial charge >= 0.3 is 5.97 Å². The summed E-state index contributed by atoms with van der Waals surface area (Å²) in [5.41, 5.74) is 0. The SMILES string of the molecule is CCCCCCCCCCCCCCCCOC(=O)CC#N. The molecule has 22 heavy (non-hydrogen) atoms. The molecule has 0 aromatic heterocycles. The topological polar surface area (TPSA) is 50.1 Å². The average Bonchev–Trinajstić information content (AvgIpc) is 2.51. The highest BCUT2D eigenvalue weighted by Gasteiger charge is 2.00. The molecule has 0 atom stereocenters. The lowest BCUT2D eigenvalue weighted by molar-refractivity contribution is -0.142. The molecule has 0 bridgehead atoms. The van der Waals surface area contributed by atoms with Gasteiger partial charge in [-0.2, -0.15) is 5.26 Å². The van der Waals surface area contributed by atoms with Crippen molar-refractivity contribution in [2.45, 2.75) is 103 Å². The van der Waals surface area contributed by atoms with E-state index in [-0.39, 0.29) is 6.42 Å². The van der Waals surface area contributed by atoms with Crippen molar-refractivity contribution in [3.63, 3.8) is 0 Å². The maximum atomic E-state index is 10.9. The first kappa shape index (κ1) is 21.0. The van der Waals surface area contributed by atoms with Crippen molar-refractivity contribution in [1.29, 1.82) is 5.26 Å². The van der Waals surface area contributed by atoms with Crippen molar-refractivity contribution in [2.24, 2.45) is 0 Å². The third-order valence-electron chi connectivity index (χ3n) is 3.98. The number of carbonyl (C=O) groups excluding carboxylic acids is 1. The van der Waals surface area contributed by atoms with E-state index < -0.39 is 5.97 Å². The highest BCUT2D eigenvalue weighted by Crippen LogP contribution is 2.12. The summed E-state index contributed by atoms with van der Waals surface area (Å²) in [7, 11) is 0. The van der Waals surface area contributed by atoms with Gasteiger partial charge in [0.25, 0.3) is 0 Å². The third-order valence-corrected chi connectivity index (χ3v) is 3.98. The molecule has 0 fully saturated rings. The zero-order valence-corrected chi connectivity index (χ0v) is 14.6. The fourth-order valence-electron chi connectivity index (χ4n) is 2.60. The Kier molecular flexibility index (Phi) is 17.2. The molecule has 0 aromatic rings. The lowest BCUT2D eigenvalue weighted by Crippen LogP contribution is -2.04. The van der Waals surface area contributed by atoms with Crippen LogP contribution < -0.4 is 0 Å². The van der Waals surface area contributed by atoms with E-state index in [2.05, 4.69) is 6.92 Å². The molecule has 0 aliphatic heterocycles. The van der Waals surface area contributed by atoms with Crippen LogP contribution in [-0.2, 0) is 9.53 Å². The molecule has 0 heterocycles. The summed E-state index contributed by atoms with van der Waals surface area (Å²) in [6.45, 7) is 2.74. The molecule has 0 aliphatic rings. The van der Waals surface area contributed by atoms with E-state index >= 15 is 0 Å².